The fourth-order valence-electron chi connectivity index (χ4n) is 4.40. The molecule has 0 amide bonds. The van der Waals surface area contributed by atoms with Crippen LogP contribution in [0.4, 0.5) is 11.6 Å². The molecule has 4 aromatic rings. The van der Waals surface area contributed by atoms with Crippen molar-refractivity contribution in [2.45, 2.75) is 19.4 Å². The lowest BCUT2D eigenvalue weighted by Crippen LogP contribution is -2.31. The first kappa shape index (κ1) is 22.4. The van der Waals surface area contributed by atoms with Crippen molar-refractivity contribution in [3.05, 3.63) is 86.5 Å². The average molecular weight is 494 g/mol. The first-order valence-corrected chi connectivity index (χ1v) is 11.6. The molecule has 1 unspecified atom stereocenters. The summed E-state index contributed by atoms with van der Waals surface area (Å²) in [4.78, 5) is 37.0. The molecule has 1 atom stereocenters. The predicted octanol–water partition coefficient (Wildman–Crippen LogP) is 5.28. The zero-order valence-electron chi connectivity index (χ0n) is 18.5. The highest BCUT2D eigenvalue weighted by molar-refractivity contribution is 6.40. The molecule has 0 spiro atoms. The van der Waals surface area contributed by atoms with Gasteiger partial charge in [0.05, 0.1) is 27.2 Å². The van der Waals surface area contributed by atoms with Gasteiger partial charge in [-0.1, -0.05) is 53.5 Å². The van der Waals surface area contributed by atoms with Crippen molar-refractivity contribution in [2.24, 2.45) is 0 Å². The quantitative estimate of drug-likeness (QED) is 0.416. The molecule has 2 aromatic heterocycles. The number of ketones is 1. The molecule has 3 heterocycles. The van der Waals surface area contributed by atoms with E-state index in [4.69, 9.17) is 23.2 Å². The first-order chi connectivity index (χ1) is 16.4. The number of rotatable bonds is 4. The van der Waals surface area contributed by atoms with Gasteiger partial charge in [0.2, 0.25) is 0 Å². The Morgan fingerprint density at radius 2 is 1.79 bits per heavy atom. The average Bonchev–Trinajstić information content (AvgIpc) is 2.84. The number of anilines is 2. The Bertz CT molecular complexity index is 1490. The van der Waals surface area contributed by atoms with Crippen LogP contribution in [0.5, 0.6) is 0 Å². The summed E-state index contributed by atoms with van der Waals surface area (Å²) in [6.07, 6.45) is 1.80. The van der Waals surface area contributed by atoms with Gasteiger partial charge in [-0.05, 0) is 25.1 Å². The third-order valence-corrected chi connectivity index (χ3v) is 6.76. The van der Waals surface area contributed by atoms with Crippen LogP contribution in [-0.2, 0) is 0 Å². The number of aromatic nitrogens is 3. The van der Waals surface area contributed by atoms with Crippen molar-refractivity contribution in [1.29, 1.82) is 0 Å². The van der Waals surface area contributed by atoms with Crippen molar-refractivity contribution in [3.63, 3.8) is 0 Å². The fourth-order valence-corrected chi connectivity index (χ4v) is 5.07. The summed E-state index contributed by atoms with van der Waals surface area (Å²) in [6, 6.07) is 14.0. The Hall–Kier alpha value is -3.42. The number of benzene rings is 2. The highest BCUT2D eigenvalue weighted by Gasteiger charge is 2.28. The van der Waals surface area contributed by atoms with Gasteiger partial charge in [-0.2, -0.15) is 0 Å². The second-order valence-electron chi connectivity index (χ2n) is 8.22. The molecule has 0 aliphatic carbocycles. The normalized spacial score (nSPS) is 14.2. The van der Waals surface area contributed by atoms with Crippen LogP contribution in [-0.4, -0.2) is 33.9 Å². The van der Waals surface area contributed by atoms with Crippen LogP contribution in [0.1, 0.15) is 35.4 Å². The van der Waals surface area contributed by atoms with Crippen LogP contribution in [0.15, 0.2) is 59.7 Å². The molecule has 0 bridgehead atoms. The van der Waals surface area contributed by atoms with Crippen LogP contribution in [0, 0.1) is 0 Å². The molecule has 0 saturated heterocycles. The predicted molar refractivity (Wildman–Crippen MR) is 136 cm³/mol. The first-order valence-electron chi connectivity index (χ1n) is 10.8. The lowest BCUT2D eigenvalue weighted by atomic mass is 10.0. The Labute approximate surface area is 206 Å². The minimum absolute atomic E-state index is 0.0276. The monoisotopic (exact) mass is 493 g/mol. The standard InChI is InChI=1S/C25H21Cl2N5O2/c1-14(30-23-20-18(33)11-12-31(2)24(20)29-13-28-23)22-21(27)16-9-6-10-17(26)19(16)25(34)32(22)15-7-4-3-5-8-15/h3-10,13-14H,11-12H2,1-2H3,(H,28,29,30). The van der Waals surface area contributed by atoms with E-state index in [0.29, 0.717) is 62.4 Å². The number of para-hydroxylation sites is 1. The molecular weight excluding hydrogens is 473 g/mol. The summed E-state index contributed by atoms with van der Waals surface area (Å²) in [5.41, 5.74) is 1.36. The van der Waals surface area contributed by atoms with E-state index in [1.807, 2.05) is 49.2 Å². The van der Waals surface area contributed by atoms with E-state index in [1.54, 1.807) is 22.8 Å². The molecule has 1 aliphatic rings. The number of carbonyl (C=O) groups is 1. The highest BCUT2D eigenvalue weighted by atomic mass is 35.5. The maximum absolute atomic E-state index is 13.7. The van der Waals surface area contributed by atoms with Gasteiger partial charge < -0.3 is 10.2 Å². The van der Waals surface area contributed by atoms with Gasteiger partial charge in [0.1, 0.15) is 23.5 Å². The van der Waals surface area contributed by atoms with E-state index in [-0.39, 0.29) is 11.3 Å². The number of carbonyl (C=O) groups excluding carboxylic acids is 1. The second-order valence-corrected chi connectivity index (χ2v) is 9.00. The largest absolute Gasteiger partial charge is 0.361 e. The summed E-state index contributed by atoms with van der Waals surface area (Å²) < 4.78 is 1.57. The molecule has 1 aliphatic heterocycles. The summed E-state index contributed by atoms with van der Waals surface area (Å²) >= 11 is 13.3. The van der Waals surface area contributed by atoms with Crippen LogP contribution in [0.2, 0.25) is 10.0 Å². The minimum atomic E-state index is -0.483. The van der Waals surface area contributed by atoms with Crippen LogP contribution >= 0.6 is 23.2 Å². The number of hydrogen-bond donors (Lipinski definition) is 1. The molecule has 5 rings (SSSR count). The number of halogens is 2. The minimum Gasteiger partial charge on any atom is -0.361 e. The van der Waals surface area contributed by atoms with Crippen LogP contribution < -0.4 is 15.8 Å². The van der Waals surface area contributed by atoms with Gasteiger partial charge in [0, 0.05) is 31.1 Å². The van der Waals surface area contributed by atoms with Gasteiger partial charge in [0.15, 0.2) is 5.78 Å². The Kier molecular flexibility index (Phi) is 5.75. The fraction of sp³-hybridized carbons (Fsp3) is 0.200. The topological polar surface area (TPSA) is 80.1 Å². The number of fused-ring (bicyclic) bond motifs is 2. The molecule has 9 heteroatoms. The molecule has 172 valence electrons. The SMILES string of the molecule is CC(Nc1ncnc2c1C(=O)CCN2C)c1c(Cl)c2cccc(Cl)c2c(=O)n1-c1ccccc1. The third kappa shape index (κ3) is 3.61. The Balaban J connectivity index is 1.72. The van der Waals surface area contributed by atoms with E-state index >= 15 is 0 Å². The number of pyridine rings is 1. The summed E-state index contributed by atoms with van der Waals surface area (Å²) in [7, 11) is 1.89. The zero-order chi connectivity index (χ0) is 24.0. The second kappa shape index (κ2) is 8.74. The van der Waals surface area contributed by atoms with Crippen molar-refractivity contribution in [1.82, 2.24) is 14.5 Å². The maximum Gasteiger partial charge on any atom is 0.264 e. The molecule has 1 N–H and O–H groups in total. The third-order valence-electron chi connectivity index (χ3n) is 6.05. The molecule has 7 nitrogen and oxygen atoms in total. The van der Waals surface area contributed by atoms with Crippen LogP contribution in [0.3, 0.4) is 0 Å². The van der Waals surface area contributed by atoms with Gasteiger partial charge in [-0.3, -0.25) is 14.2 Å². The molecule has 0 fully saturated rings. The number of hydrogen-bond acceptors (Lipinski definition) is 6. The van der Waals surface area contributed by atoms with Gasteiger partial charge in [0.25, 0.3) is 5.56 Å². The molecule has 2 aromatic carbocycles. The van der Waals surface area contributed by atoms with E-state index in [9.17, 15) is 9.59 Å². The van der Waals surface area contributed by atoms with Gasteiger partial charge >= 0.3 is 0 Å². The van der Waals surface area contributed by atoms with Crippen molar-refractivity contribution in [2.75, 3.05) is 23.8 Å². The summed E-state index contributed by atoms with van der Waals surface area (Å²) in [5, 5.41) is 4.97. The lowest BCUT2D eigenvalue weighted by Gasteiger charge is -2.28. The van der Waals surface area contributed by atoms with Gasteiger partial charge in [-0.15, -0.1) is 0 Å². The van der Waals surface area contributed by atoms with Crippen LogP contribution in [0.25, 0.3) is 16.5 Å². The smallest absolute Gasteiger partial charge is 0.264 e. The van der Waals surface area contributed by atoms with E-state index in [0.717, 1.165) is 0 Å². The van der Waals surface area contributed by atoms with E-state index < -0.39 is 6.04 Å². The number of nitrogens with zero attached hydrogens (tertiary/aromatic N) is 4. The zero-order valence-corrected chi connectivity index (χ0v) is 20.1. The molecule has 0 radical (unpaired) electrons. The Morgan fingerprint density at radius 1 is 1.03 bits per heavy atom. The van der Waals surface area contributed by atoms with Crippen molar-refractivity contribution < 1.29 is 4.79 Å². The van der Waals surface area contributed by atoms with Crippen molar-refractivity contribution in [3.8, 4) is 5.69 Å². The highest BCUT2D eigenvalue weighted by Crippen LogP contribution is 2.36. The van der Waals surface area contributed by atoms with E-state index in [1.165, 1.54) is 6.33 Å². The number of Topliss-reactive ketones (excluding diaryl/α,β-unsaturated/α-hetero) is 1. The van der Waals surface area contributed by atoms with E-state index in [2.05, 4.69) is 15.3 Å². The summed E-state index contributed by atoms with van der Waals surface area (Å²) in [6.45, 7) is 2.48. The molecule has 34 heavy (non-hydrogen) atoms. The molecular formula is C25H21Cl2N5O2. The molecule has 0 saturated carbocycles. The maximum atomic E-state index is 13.7. The number of nitrogens with one attached hydrogen (secondary N) is 1. The van der Waals surface area contributed by atoms with Crippen molar-refractivity contribution >= 4 is 51.4 Å². The summed E-state index contributed by atoms with van der Waals surface area (Å²) in [5.74, 6) is 0.960. The Morgan fingerprint density at radius 3 is 2.56 bits per heavy atom. The van der Waals surface area contributed by atoms with Gasteiger partial charge in [-0.25, -0.2) is 9.97 Å². The lowest BCUT2D eigenvalue weighted by molar-refractivity contribution is 0.0980.